The lowest BCUT2D eigenvalue weighted by Gasteiger charge is -2.39. The van der Waals surface area contributed by atoms with Crippen LogP contribution in [0.1, 0.15) is 66.8 Å². The van der Waals surface area contributed by atoms with Crippen LogP contribution in [0, 0.1) is 12.3 Å². The maximum absolute atomic E-state index is 13.3. The summed E-state index contributed by atoms with van der Waals surface area (Å²) in [6, 6.07) is 5.07. The molecule has 0 radical (unpaired) electrons. The number of carbonyl (C=O) groups is 3. The topological polar surface area (TPSA) is 101 Å². The van der Waals surface area contributed by atoms with Crippen LogP contribution in [-0.2, 0) is 10.3 Å². The van der Waals surface area contributed by atoms with Gasteiger partial charge in [0.25, 0.3) is 11.8 Å². The molecule has 178 valence electrons. The number of piperidine rings is 1. The van der Waals surface area contributed by atoms with Gasteiger partial charge in [-0.3, -0.25) is 19.1 Å². The number of aromatic nitrogens is 2. The molecule has 33 heavy (non-hydrogen) atoms. The number of likely N-dealkylation sites (tertiary alicyclic amines) is 2. The minimum Gasteiger partial charge on any atom is -0.459 e. The standard InChI is InChI=1S/C24H33N5O4/c1-17-14-18(29(26-17)23(2,3)4)22(32)28-12-9-24(16-28)7-10-27(11-8-24)20(30)15-25-21(31)19-6-5-13-33-19/h5-6,13-14H,7-12,15-16H2,1-4H3,(H,25,31). The van der Waals surface area contributed by atoms with Crippen molar-refractivity contribution in [1.29, 1.82) is 0 Å². The summed E-state index contributed by atoms with van der Waals surface area (Å²) in [6.45, 7) is 10.7. The molecule has 0 atom stereocenters. The molecule has 0 bridgehead atoms. The number of hydrogen-bond acceptors (Lipinski definition) is 5. The van der Waals surface area contributed by atoms with Gasteiger partial charge in [0.05, 0.1) is 24.0 Å². The highest BCUT2D eigenvalue weighted by atomic mass is 16.3. The van der Waals surface area contributed by atoms with Crippen LogP contribution < -0.4 is 5.32 Å². The molecule has 0 aromatic carbocycles. The highest BCUT2D eigenvalue weighted by molar-refractivity contribution is 5.94. The van der Waals surface area contributed by atoms with Gasteiger partial charge in [-0.25, -0.2) is 0 Å². The van der Waals surface area contributed by atoms with E-state index in [4.69, 9.17) is 4.42 Å². The summed E-state index contributed by atoms with van der Waals surface area (Å²) < 4.78 is 6.88. The molecule has 2 aromatic heterocycles. The first-order chi connectivity index (χ1) is 15.6. The second-order valence-electron chi connectivity index (χ2n) is 10.3. The quantitative estimate of drug-likeness (QED) is 0.763. The lowest BCUT2D eigenvalue weighted by Crippen LogP contribution is -2.47. The SMILES string of the molecule is Cc1cc(C(=O)N2CCC3(CCN(C(=O)CNC(=O)c4ccco4)CC3)C2)n(C(C)(C)C)n1. The number of aryl methyl sites for hydroxylation is 1. The van der Waals surface area contributed by atoms with Gasteiger partial charge >= 0.3 is 0 Å². The van der Waals surface area contributed by atoms with Crippen LogP contribution in [0.5, 0.6) is 0 Å². The molecule has 0 aliphatic carbocycles. The number of carbonyl (C=O) groups excluding carboxylic acids is 3. The van der Waals surface area contributed by atoms with Gasteiger partial charge in [-0.15, -0.1) is 0 Å². The van der Waals surface area contributed by atoms with Crippen molar-refractivity contribution in [3.8, 4) is 0 Å². The number of rotatable bonds is 4. The Kier molecular flexibility index (Phi) is 6.07. The van der Waals surface area contributed by atoms with E-state index in [1.807, 2.05) is 43.3 Å². The molecule has 1 N–H and O–H groups in total. The fraction of sp³-hybridized carbons (Fsp3) is 0.583. The largest absolute Gasteiger partial charge is 0.459 e. The molecule has 9 nitrogen and oxygen atoms in total. The van der Waals surface area contributed by atoms with Crippen LogP contribution in [-0.4, -0.2) is 70.0 Å². The van der Waals surface area contributed by atoms with Crippen LogP contribution in [0.4, 0.5) is 0 Å². The average molecular weight is 456 g/mol. The molecule has 0 unspecified atom stereocenters. The lowest BCUT2D eigenvalue weighted by atomic mass is 9.78. The van der Waals surface area contributed by atoms with E-state index < -0.39 is 5.91 Å². The second kappa shape index (κ2) is 8.68. The summed E-state index contributed by atoms with van der Waals surface area (Å²) in [5.74, 6) is -0.266. The van der Waals surface area contributed by atoms with E-state index in [9.17, 15) is 14.4 Å². The Bertz CT molecular complexity index is 1030. The van der Waals surface area contributed by atoms with Crippen molar-refractivity contribution in [3.05, 3.63) is 41.6 Å². The van der Waals surface area contributed by atoms with Crippen molar-refractivity contribution in [2.24, 2.45) is 5.41 Å². The summed E-state index contributed by atoms with van der Waals surface area (Å²) in [4.78, 5) is 41.6. The zero-order valence-corrected chi connectivity index (χ0v) is 19.9. The maximum Gasteiger partial charge on any atom is 0.287 e. The Morgan fingerprint density at radius 2 is 1.79 bits per heavy atom. The highest BCUT2D eigenvalue weighted by Gasteiger charge is 2.43. The third-order valence-electron chi connectivity index (χ3n) is 6.73. The molecule has 2 aliphatic heterocycles. The fourth-order valence-electron chi connectivity index (χ4n) is 4.83. The molecule has 2 saturated heterocycles. The van der Waals surface area contributed by atoms with Gasteiger partial charge in [-0.2, -0.15) is 5.10 Å². The van der Waals surface area contributed by atoms with E-state index in [0.29, 0.717) is 25.3 Å². The summed E-state index contributed by atoms with van der Waals surface area (Å²) in [5, 5.41) is 7.16. The number of amides is 3. The predicted molar refractivity (Wildman–Crippen MR) is 122 cm³/mol. The van der Waals surface area contributed by atoms with Gasteiger partial charge in [0.2, 0.25) is 5.91 Å². The smallest absolute Gasteiger partial charge is 0.287 e. The van der Waals surface area contributed by atoms with Crippen molar-refractivity contribution in [3.63, 3.8) is 0 Å². The zero-order valence-electron chi connectivity index (χ0n) is 19.9. The van der Waals surface area contributed by atoms with Crippen molar-refractivity contribution >= 4 is 17.7 Å². The first-order valence-electron chi connectivity index (χ1n) is 11.5. The third kappa shape index (κ3) is 4.82. The van der Waals surface area contributed by atoms with Gasteiger partial charge < -0.3 is 19.5 Å². The molecular formula is C24H33N5O4. The van der Waals surface area contributed by atoms with Crippen molar-refractivity contribution in [2.45, 2.75) is 52.5 Å². The molecule has 3 amide bonds. The summed E-state index contributed by atoms with van der Waals surface area (Å²) in [5.41, 5.74) is 1.25. The van der Waals surface area contributed by atoms with Gasteiger partial charge in [-0.05, 0) is 70.6 Å². The Labute approximate surface area is 194 Å². The molecule has 2 aliphatic rings. The number of furan rings is 1. The van der Waals surface area contributed by atoms with Crippen LogP contribution in [0.2, 0.25) is 0 Å². The molecule has 4 rings (SSSR count). The molecule has 2 fully saturated rings. The van der Waals surface area contributed by atoms with E-state index in [-0.39, 0.29) is 35.1 Å². The van der Waals surface area contributed by atoms with Crippen LogP contribution in [0.15, 0.2) is 28.9 Å². The Hall–Kier alpha value is -3.10. The lowest BCUT2D eigenvalue weighted by molar-refractivity contribution is -0.132. The fourth-order valence-corrected chi connectivity index (χ4v) is 4.83. The van der Waals surface area contributed by atoms with Gasteiger partial charge in [0, 0.05) is 26.2 Å². The Morgan fingerprint density at radius 3 is 2.39 bits per heavy atom. The average Bonchev–Trinajstić information content (AvgIpc) is 3.52. The third-order valence-corrected chi connectivity index (χ3v) is 6.73. The van der Waals surface area contributed by atoms with Crippen LogP contribution >= 0.6 is 0 Å². The first kappa shape index (κ1) is 23.1. The number of nitrogens with one attached hydrogen (secondary N) is 1. The van der Waals surface area contributed by atoms with E-state index in [0.717, 1.165) is 31.5 Å². The molecular weight excluding hydrogens is 422 g/mol. The molecule has 9 heteroatoms. The predicted octanol–water partition coefficient (Wildman–Crippen LogP) is 2.42. The maximum atomic E-state index is 13.3. The highest BCUT2D eigenvalue weighted by Crippen LogP contribution is 2.41. The van der Waals surface area contributed by atoms with Gasteiger partial charge in [-0.1, -0.05) is 0 Å². The number of nitrogens with zero attached hydrogens (tertiary/aromatic N) is 4. The molecule has 2 aromatic rings. The van der Waals surface area contributed by atoms with Gasteiger partial charge in [0.15, 0.2) is 5.76 Å². The minimum absolute atomic E-state index is 0.0292. The minimum atomic E-state index is -0.392. The summed E-state index contributed by atoms with van der Waals surface area (Å²) >= 11 is 0. The Morgan fingerprint density at radius 1 is 1.12 bits per heavy atom. The van der Waals surface area contributed by atoms with Gasteiger partial charge in [0.1, 0.15) is 5.69 Å². The number of hydrogen-bond donors (Lipinski definition) is 1. The molecule has 1 spiro atoms. The zero-order chi connectivity index (χ0) is 23.8. The molecule has 0 saturated carbocycles. The van der Waals surface area contributed by atoms with E-state index in [2.05, 4.69) is 10.4 Å². The first-order valence-corrected chi connectivity index (χ1v) is 11.5. The molecule has 4 heterocycles. The van der Waals surface area contributed by atoms with Crippen LogP contribution in [0.25, 0.3) is 0 Å². The second-order valence-corrected chi connectivity index (χ2v) is 10.3. The summed E-state index contributed by atoms with van der Waals surface area (Å²) in [7, 11) is 0. The monoisotopic (exact) mass is 455 g/mol. The summed E-state index contributed by atoms with van der Waals surface area (Å²) in [6.07, 6.45) is 4.07. The van der Waals surface area contributed by atoms with E-state index >= 15 is 0 Å². The van der Waals surface area contributed by atoms with E-state index in [1.54, 1.807) is 17.0 Å². The van der Waals surface area contributed by atoms with Crippen molar-refractivity contribution in [2.75, 3.05) is 32.7 Å². The Balaban J connectivity index is 1.31. The van der Waals surface area contributed by atoms with Crippen LogP contribution in [0.3, 0.4) is 0 Å². The van der Waals surface area contributed by atoms with Crippen molar-refractivity contribution in [1.82, 2.24) is 24.9 Å². The normalized spacial score (nSPS) is 18.1. The van der Waals surface area contributed by atoms with Crippen molar-refractivity contribution < 1.29 is 18.8 Å². The van der Waals surface area contributed by atoms with E-state index in [1.165, 1.54) is 6.26 Å².